The van der Waals surface area contributed by atoms with Crippen molar-refractivity contribution in [3.05, 3.63) is 0 Å². The van der Waals surface area contributed by atoms with Crippen molar-refractivity contribution >= 4 is 29.7 Å². The van der Waals surface area contributed by atoms with E-state index in [9.17, 15) is 29.1 Å². The predicted octanol–water partition coefficient (Wildman–Crippen LogP) is -3.00. The highest BCUT2D eigenvalue weighted by atomic mass is 16.4. The molecular weight excluding hydrogens is 364 g/mol. The lowest BCUT2D eigenvalue weighted by Crippen LogP contribution is -2.57. The summed E-state index contributed by atoms with van der Waals surface area (Å²) in [7, 11) is 0. The number of aliphatic hydroxyl groups is 1. The highest BCUT2D eigenvalue weighted by Gasteiger charge is 2.29. The first-order valence-corrected chi connectivity index (χ1v) is 8.12. The molecule has 8 N–H and O–H groups in total. The molecule has 0 fully saturated rings. The van der Waals surface area contributed by atoms with Crippen molar-refractivity contribution in [3.63, 3.8) is 0 Å². The summed E-state index contributed by atoms with van der Waals surface area (Å²) in [6, 6.07) is -5.20. The molecule has 0 rings (SSSR count). The van der Waals surface area contributed by atoms with Gasteiger partial charge in [-0.1, -0.05) is 13.8 Å². The topological polar surface area (TPSA) is 208 Å². The van der Waals surface area contributed by atoms with E-state index in [-0.39, 0.29) is 5.92 Å². The fourth-order valence-corrected chi connectivity index (χ4v) is 1.82. The van der Waals surface area contributed by atoms with E-state index in [2.05, 4.69) is 10.6 Å². The number of aliphatic carboxylic acids is 2. The molecule has 27 heavy (non-hydrogen) atoms. The predicted molar refractivity (Wildman–Crippen MR) is 91.3 cm³/mol. The van der Waals surface area contributed by atoms with E-state index in [1.54, 1.807) is 13.8 Å². The minimum absolute atomic E-state index is 0.168. The molecule has 3 amide bonds. The van der Waals surface area contributed by atoms with Gasteiger partial charge in [-0.25, -0.2) is 4.79 Å². The largest absolute Gasteiger partial charge is 0.481 e. The molecular formula is C15H26N4O8. The van der Waals surface area contributed by atoms with E-state index < -0.39 is 66.9 Å². The molecule has 0 radical (unpaired) electrons. The van der Waals surface area contributed by atoms with Crippen LogP contribution in [0.5, 0.6) is 0 Å². The lowest BCUT2D eigenvalue weighted by molar-refractivity contribution is -0.147. The summed E-state index contributed by atoms with van der Waals surface area (Å²) in [5, 5.41) is 33.2. The van der Waals surface area contributed by atoms with Crippen LogP contribution in [0.25, 0.3) is 0 Å². The van der Waals surface area contributed by atoms with E-state index in [1.807, 2.05) is 5.32 Å². The third kappa shape index (κ3) is 8.46. The van der Waals surface area contributed by atoms with Crippen molar-refractivity contribution in [1.29, 1.82) is 0 Å². The second-order valence-electron chi connectivity index (χ2n) is 6.24. The van der Waals surface area contributed by atoms with Gasteiger partial charge in [-0.2, -0.15) is 0 Å². The number of hydrogen-bond donors (Lipinski definition) is 7. The van der Waals surface area contributed by atoms with Crippen molar-refractivity contribution in [2.45, 2.75) is 51.4 Å². The number of rotatable bonds is 11. The first-order chi connectivity index (χ1) is 12.4. The summed E-state index contributed by atoms with van der Waals surface area (Å²) in [5.74, 6) is -5.69. The normalized spacial score (nSPS) is 15.2. The van der Waals surface area contributed by atoms with Gasteiger partial charge in [-0.3, -0.25) is 19.2 Å². The molecule has 0 aliphatic heterocycles. The van der Waals surface area contributed by atoms with Crippen LogP contribution in [0, 0.1) is 5.92 Å². The molecule has 0 aliphatic carbocycles. The maximum Gasteiger partial charge on any atom is 0.326 e. The molecule has 154 valence electrons. The van der Waals surface area contributed by atoms with Crippen LogP contribution in [0.2, 0.25) is 0 Å². The number of nitrogens with two attached hydrogens (primary N) is 1. The summed E-state index contributed by atoms with van der Waals surface area (Å²) in [6.45, 7) is 3.90. The Morgan fingerprint density at radius 1 is 0.852 bits per heavy atom. The van der Waals surface area contributed by atoms with Gasteiger partial charge in [0.2, 0.25) is 17.7 Å². The van der Waals surface area contributed by atoms with Crippen LogP contribution in [0.1, 0.15) is 27.2 Å². The molecule has 0 aliphatic rings. The Morgan fingerprint density at radius 2 is 1.37 bits per heavy atom. The minimum atomic E-state index is -1.73. The van der Waals surface area contributed by atoms with Crippen molar-refractivity contribution in [2.75, 3.05) is 6.61 Å². The first-order valence-electron chi connectivity index (χ1n) is 8.12. The Morgan fingerprint density at radius 3 is 1.78 bits per heavy atom. The van der Waals surface area contributed by atoms with E-state index in [1.165, 1.54) is 6.92 Å². The highest BCUT2D eigenvalue weighted by molar-refractivity contribution is 5.94. The smallest absolute Gasteiger partial charge is 0.326 e. The lowest BCUT2D eigenvalue weighted by Gasteiger charge is -2.22. The van der Waals surface area contributed by atoms with Gasteiger partial charge in [0.15, 0.2) is 0 Å². The molecule has 0 saturated carbocycles. The Labute approximate surface area is 155 Å². The van der Waals surface area contributed by atoms with Crippen molar-refractivity contribution in [1.82, 2.24) is 16.0 Å². The van der Waals surface area contributed by atoms with Gasteiger partial charge in [0.25, 0.3) is 0 Å². The zero-order chi connectivity index (χ0) is 21.3. The summed E-state index contributed by atoms with van der Waals surface area (Å²) in [5.41, 5.74) is 5.66. The number of hydrogen-bond acceptors (Lipinski definition) is 7. The van der Waals surface area contributed by atoms with Crippen LogP contribution in [0.3, 0.4) is 0 Å². The summed E-state index contributed by atoms with van der Waals surface area (Å²) in [6.07, 6.45) is -0.882. The molecule has 4 atom stereocenters. The van der Waals surface area contributed by atoms with Gasteiger partial charge >= 0.3 is 11.9 Å². The molecule has 0 spiro atoms. The minimum Gasteiger partial charge on any atom is -0.481 e. The Kier molecular flexibility index (Phi) is 9.96. The fraction of sp³-hybridized carbons (Fsp3) is 0.667. The average Bonchev–Trinajstić information content (AvgIpc) is 2.56. The van der Waals surface area contributed by atoms with Crippen LogP contribution in [0.4, 0.5) is 0 Å². The number of amides is 3. The average molecular weight is 390 g/mol. The summed E-state index contributed by atoms with van der Waals surface area (Å²) in [4.78, 5) is 57.5. The molecule has 0 aromatic heterocycles. The molecule has 0 heterocycles. The standard InChI is InChI=1S/C15H26N4O8/c1-6(2)11(16)14(25)17-7(3)12(23)19-9(5-20)13(24)18-8(15(26)27)4-10(21)22/h6-9,11,20H,4-5,16H2,1-3H3,(H,17,25)(H,18,24)(H,19,23)(H,21,22)(H,26,27). The number of carboxylic acids is 2. The zero-order valence-corrected chi connectivity index (χ0v) is 15.3. The molecule has 0 bridgehead atoms. The lowest BCUT2D eigenvalue weighted by atomic mass is 10.0. The maximum atomic E-state index is 12.1. The van der Waals surface area contributed by atoms with Gasteiger partial charge < -0.3 is 37.0 Å². The molecule has 12 heteroatoms. The van der Waals surface area contributed by atoms with Crippen LogP contribution >= 0.6 is 0 Å². The second-order valence-corrected chi connectivity index (χ2v) is 6.24. The number of carboxylic acid groups (broad SMARTS) is 2. The monoisotopic (exact) mass is 390 g/mol. The van der Waals surface area contributed by atoms with E-state index in [0.29, 0.717) is 0 Å². The van der Waals surface area contributed by atoms with Crippen LogP contribution < -0.4 is 21.7 Å². The molecule has 0 saturated heterocycles. The highest BCUT2D eigenvalue weighted by Crippen LogP contribution is 1.99. The number of aliphatic hydroxyl groups excluding tert-OH is 1. The van der Waals surface area contributed by atoms with Crippen molar-refractivity contribution in [2.24, 2.45) is 11.7 Å². The third-order valence-corrected chi connectivity index (χ3v) is 3.58. The molecule has 0 aromatic rings. The van der Waals surface area contributed by atoms with E-state index in [4.69, 9.17) is 15.9 Å². The van der Waals surface area contributed by atoms with Crippen LogP contribution in [0.15, 0.2) is 0 Å². The van der Waals surface area contributed by atoms with Gasteiger partial charge in [-0.15, -0.1) is 0 Å². The van der Waals surface area contributed by atoms with Gasteiger partial charge in [0.05, 0.1) is 19.1 Å². The Hall–Kier alpha value is -2.73. The quantitative estimate of drug-likeness (QED) is 0.191. The number of carbonyl (C=O) groups excluding carboxylic acids is 3. The zero-order valence-electron chi connectivity index (χ0n) is 15.3. The van der Waals surface area contributed by atoms with E-state index in [0.717, 1.165) is 0 Å². The Bertz CT molecular complexity index is 580. The summed E-state index contributed by atoms with van der Waals surface area (Å²) >= 11 is 0. The SMILES string of the molecule is CC(NC(=O)C(N)C(C)C)C(=O)NC(CO)C(=O)NC(CC(=O)O)C(=O)O. The molecule has 12 nitrogen and oxygen atoms in total. The summed E-state index contributed by atoms with van der Waals surface area (Å²) < 4.78 is 0. The maximum absolute atomic E-state index is 12.1. The van der Waals surface area contributed by atoms with E-state index >= 15 is 0 Å². The van der Waals surface area contributed by atoms with Crippen LogP contribution in [-0.2, 0) is 24.0 Å². The Balaban J connectivity index is 4.87. The second kappa shape index (κ2) is 11.1. The van der Waals surface area contributed by atoms with Crippen molar-refractivity contribution < 1.29 is 39.3 Å². The number of carbonyl (C=O) groups is 5. The van der Waals surface area contributed by atoms with Crippen LogP contribution in [-0.4, -0.2) is 75.8 Å². The van der Waals surface area contributed by atoms with Crippen molar-refractivity contribution in [3.8, 4) is 0 Å². The number of nitrogens with one attached hydrogen (secondary N) is 3. The third-order valence-electron chi connectivity index (χ3n) is 3.58. The van der Waals surface area contributed by atoms with Gasteiger partial charge in [-0.05, 0) is 12.8 Å². The van der Waals surface area contributed by atoms with Gasteiger partial charge in [0, 0.05) is 0 Å². The molecule has 0 aromatic carbocycles. The fourth-order valence-electron chi connectivity index (χ4n) is 1.82. The first kappa shape index (κ1) is 24.3. The molecule has 4 unspecified atom stereocenters. The van der Waals surface area contributed by atoms with Gasteiger partial charge in [0.1, 0.15) is 18.1 Å².